The molecule has 5 unspecified atom stereocenters. The highest BCUT2D eigenvalue weighted by atomic mass is 32.2. The van der Waals surface area contributed by atoms with E-state index < -0.39 is 63.3 Å². The summed E-state index contributed by atoms with van der Waals surface area (Å²) in [6.45, 7) is 6.36. The van der Waals surface area contributed by atoms with Crippen molar-refractivity contribution in [1.29, 1.82) is 0 Å². The number of hydrogen-bond donors (Lipinski definition) is 1. The predicted molar refractivity (Wildman–Crippen MR) is 123 cm³/mol. The summed E-state index contributed by atoms with van der Waals surface area (Å²) in [5.41, 5.74) is -6.94. The van der Waals surface area contributed by atoms with Gasteiger partial charge in [-0.25, -0.2) is 13.2 Å². The number of aliphatic hydroxyl groups excluding tert-OH is 1. The van der Waals surface area contributed by atoms with Crippen molar-refractivity contribution in [2.45, 2.75) is 83.3 Å². The molecule has 3 aliphatic rings. The molecule has 8 atom stereocenters. The number of hydrogen-bond acceptors (Lipinski definition) is 6. The van der Waals surface area contributed by atoms with E-state index in [-0.39, 0.29) is 37.7 Å². The number of halogens is 3. The van der Waals surface area contributed by atoms with Crippen molar-refractivity contribution in [3.05, 3.63) is 23.8 Å². The Morgan fingerprint density at radius 1 is 1.29 bits per heavy atom. The molecule has 0 aromatic rings. The number of carbonyl (C=O) groups is 3. The van der Waals surface area contributed by atoms with Gasteiger partial charge in [0.25, 0.3) is 0 Å². The van der Waals surface area contributed by atoms with Gasteiger partial charge in [0.15, 0.2) is 11.3 Å². The Kier molecular flexibility index (Phi) is 7.50. The molecule has 0 aliphatic heterocycles. The molecule has 0 aromatic carbocycles. The van der Waals surface area contributed by atoms with Crippen molar-refractivity contribution in [3.8, 4) is 0 Å². The number of allylic oxidation sites excluding steroid dienone is 4. The molecule has 5 nitrogen and oxygen atoms in total. The zero-order valence-corrected chi connectivity index (χ0v) is 20.8. The monoisotopic (exact) mass is 502 g/mol. The fourth-order valence-corrected chi connectivity index (χ4v) is 7.87. The summed E-state index contributed by atoms with van der Waals surface area (Å²) in [4.78, 5) is 36.8. The van der Waals surface area contributed by atoms with Gasteiger partial charge in [-0.1, -0.05) is 26.0 Å². The lowest BCUT2D eigenvalue weighted by Gasteiger charge is -2.62. The Morgan fingerprint density at radius 2 is 1.97 bits per heavy atom. The number of rotatable bonds is 6. The van der Waals surface area contributed by atoms with E-state index >= 15 is 8.78 Å². The molecular weight excluding hydrogens is 469 g/mol. The quantitative estimate of drug-likeness (QED) is 0.243. The SMILES string of the molecule is C/C=C\C1(C)/C(=C\C=O)[C@@H](F)CC2C3CC[C@](OC(=O)CC)(C(=O)SCF)C3(C)CC(O)[C@@]21F. The van der Waals surface area contributed by atoms with Gasteiger partial charge in [-0.2, -0.15) is 0 Å². The second kappa shape index (κ2) is 9.45. The summed E-state index contributed by atoms with van der Waals surface area (Å²) < 4.78 is 51.7. The Balaban J connectivity index is 2.19. The van der Waals surface area contributed by atoms with Crippen molar-refractivity contribution < 1.29 is 37.4 Å². The number of aliphatic hydroxyl groups is 1. The first-order chi connectivity index (χ1) is 15.9. The summed E-state index contributed by atoms with van der Waals surface area (Å²) >= 11 is 0.388. The summed E-state index contributed by atoms with van der Waals surface area (Å²) in [5.74, 6) is -2.29. The lowest BCUT2D eigenvalue weighted by atomic mass is 9.45. The molecule has 3 fully saturated rings. The fourth-order valence-electron chi connectivity index (χ4n) is 7.16. The van der Waals surface area contributed by atoms with Crippen molar-refractivity contribution in [2.75, 3.05) is 6.01 Å². The Labute approximate surface area is 202 Å². The Hall–Kier alpha value is -1.61. The van der Waals surface area contributed by atoms with E-state index in [0.717, 1.165) is 6.08 Å². The van der Waals surface area contributed by atoms with E-state index in [9.17, 15) is 23.9 Å². The van der Waals surface area contributed by atoms with E-state index in [1.54, 1.807) is 26.8 Å². The summed E-state index contributed by atoms with van der Waals surface area (Å²) in [5, 5.41) is 10.7. The van der Waals surface area contributed by atoms with Crippen molar-refractivity contribution in [2.24, 2.45) is 22.7 Å². The summed E-state index contributed by atoms with van der Waals surface area (Å²) in [6.07, 6.45) is 0.969. The predicted octanol–water partition coefficient (Wildman–Crippen LogP) is 4.82. The van der Waals surface area contributed by atoms with Gasteiger partial charge in [0.1, 0.15) is 18.5 Å². The smallest absolute Gasteiger partial charge is 0.306 e. The van der Waals surface area contributed by atoms with Gasteiger partial charge in [-0.15, -0.1) is 0 Å². The highest BCUT2D eigenvalue weighted by molar-refractivity contribution is 8.13. The molecule has 1 N–H and O–H groups in total. The van der Waals surface area contributed by atoms with Gasteiger partial charge in [-0.05, 0) is 68.9 Å². The first-order valence-corrected chi connectivity index (χ1v) is 12.7. The van der Waals surface area contributed by atoms with E-state index in [4.69, 9.17) is 4.74 Å². The van der Waals surface area contributed by atoms with Crippen LogP contribution < -0.4 is 0 Å². The largest absolute Gasteiger partial charge is 0.449 e. The minimum Gasteiger partial charge on any atom is -0.449 e. The first kappa shape index (κ1) is 27.0. The number of esters is 1. The second-order valence-electron chi connectivity index (χ2n) is 10.0. The van der Waals surface area contributed by atoms with Gasteiger partial charge in [0.05, 0.1) is 6.10 Å². The molecule has 3 saturated carbocycles. The standard InChI is InChI=1S/C25H33F3O5S/c1-5-9-22(3)16(8-11-29)18(27)12-17-15-7-10-24(21(32)34-14-26,33-20(31)6-2)23(15,4)13-19(30)25(17,22)28/h5,8-9,11,15,17-19,30H,6-7,10,12-14H2,1-4H3/b9-5-,16-8-/t15?,17?,18-,19?,22?,23?,24-,25-/m0/s1. The molecule has 190 valence electrons. The number of alkyl halides is 3. The van der Waals surface area contributed by atoms with Crippen molar-refractivity contribution in [3.63, 3.8) is 0 Å². The van der Waals surface area contributed by atoms with Crippen LogP contribution in [0, 0.1) is 22.7 Å². The zero-order valence-electron chi connectivity index (χ0n) is 20.0. The molecule has 0 radical (unpaired) electrons. The molecule has 0 amide bonds. The van der Waals surface area contributed by atoms with Gasteiger partial charge in [0, 0.05) is 23.2 Å². The Morgan fingerprint density at radius 3 is 2.53 bits per heavy atom. The van der Waals surface area contributed by atoms with Gasteiger partial charge in [0.2, 0.25) is 5.12 Å². The van der Waals surface area contributed by atoms with E-state index in [1.807, 2.05) is 0 Å². The third kappa shape index (κ3) is 3.52. The zero-order chi connectivity index (χ0) is 25.5. The lowest BCUT2D eigenvalue weighted by Crippen LogP contribution is -2.70. The van der Waals surface area contributed by atoms with Crippen LogP contribution in [0.1, 0.15) is 59.8 Å². The molecular formula is C25H33F3O5S. The average Bonchev–Trinajstić information content (AvgIpc) is 3.06. The first-order valence-electron chi connectivity index (χ1n) is 11.7. The van der Waals surface area contributed by atoms with E-state index in [2.05, 4.69) is 0 Å². The molecule has 0 bridgehead atoms. The number of carbonyl (C=O) groups excluding carboxylic acids is 3. The third-order valence-electron chi connectivity index (χ3n) is 8.71. The summed E-state index contributed by atoms with van der Waals surface area (Å²) in [7, 11) is 0. The molecule has 0 heterocycles. The molecule has 3 rings (SSSR count). The van der Waals surface area contributed by atoms with Crippen LogP contribution in [0.5, 0.6) is 0 Å². The van der Waals surface area contributed by atoms with Gasteiger partial charge >= 0.3 is 5.97 Å². The topological polar surface area (TPSA) is 80.7 Å². The van der Waals surface area contributed by atoms with Crippen LogP contribution in [0.4, 0.5) is 13.2 Å². The highest BCUT2D eigenvalue weighted by Crippen LogP contribution is 2.70. The lowest BCUT2D eigenvalue weighted by molar-refractivity contribution is -0.226. The number of ether oxygens (including phenoxy) is 1. The average molecular weight is 503 g/mol. The normalized spacial score (nSPS) is 45.1. The van der Waals surface area contributed by atoms with Crippen LogP contribution in [0.25, 0.3) is 0 Å². The molecule has 0 saturated heterocycles. The number of thioether (sulfide) groups is 1. The van der Waals surface area contributed by atoms with Crippen LogP contribution in [-0.2, 0) is 19.1 Å². The molecule has 3 aliphatic carbocycles. The second-order valence-corrected chi connectivity index (χ2v) is 10.9. The maximum atomic E-state index is 17.2. The van der Waals surface area contributed by atoms with Crippen molar-refractivity contribution in [1.82, 2.24) is 0 Å². The number of aldehydes is 1. The third-order valence-corrected chi connectivity index (χ3v) is 9.41. The van der Waals surface area contributed by atoms with Crippen LogP contribution >= 0.6 is 11.8 Å². The molecule has 0 spiro atoms. The Bertz CT molecular complexity index is 909. The number of fused-ring (bicyclic) bond motifs is 3. The minimum atomic E-state index is -2.33. The maximum absolute atomic E-state index is 17.2. The van der Waals surface area contributed by atoms with Gasteiger partial charge < -0.3 is 9.84 Å². The molecule has 34 heavy (non-hydrogen) atoms. The molecule has 9 heteroatoms. The van der Waals surface area contributed by atoms with Crippen LogP contribution in [-0.4, -0.2) is 52.0 Å². The van der Waals surface area contributed by atoms with Crippen LogP contribution in [0.3, 0.4) is 0 Å². The minimum absolute atomic E-state index is 0.0130. The molecule has 0 aromatic heterocycles. The summed E-state index contributed by atoms with van der Waals surface area (Å²) in [6, 6.07) is -1.02. The maximum Gasteiger partial charge on any atom is 0.306 e. The van der Waals surface area contributed by atoms with Gasteiger partial charge in [-0.3, -0.25) is 14.4 Å². The van der Waals surface area contributed by atoms with Crippen LogP contribution in [0.15, 0.2) is 23.8 Å². The van der Waals surface area contributed by atoms with Crippen LogP contribution in [0.2, 0.25) is 0 Å². The van der Waals surface area contributed by atoms with Crippen molar-refractivity contribution >= 4 is 29.1 Å². The highest BCUT2D eigenvalue weighted by Gasteiger charge is 2.76. The van der Waals surface area contributed by atoms with E-state index in [1.165, 1.54) is 13.0 Å². The van der Waals surface area contributed by atoms with E-state index in [0.29, 0.717) is 18.0 Å². The fraction of sp³-hybridized carbons (Fsp3) is 0.720.